The Balaban J connectivity index is 2.17. The van der Waals surface area contributed by atoms with Crippen molar-refractivity contribution in [2.24, 2.45) is 5.92 Å². The second kappa shape index (κ2) is 7.68. The van der Waals surface area contributed by atoms with E-state index in [1.165, 1.54) is 12.1 Å². The Kier molecular flexibility index (Phi) is 5.85. The predicted octanol–water partition coefficient (Wildman–Crippen LogP) is 4.13. The van der Waals surface area contributed by atoms with E-state index in [2.05, 4.69) is 10.0 Å². The Bertz CT molecular complexity index is 818. The molecule has 0 unspecified atom stereocenters. The molecule has 0 aliphatic heterocycles. The highest BCUT2D eigenvalue weighted by molar-refractivity contribution is 7.92. The molecule has 0 heterocycles. The summed E-state index contributed by atoms with van der Waals surface area (Å²) >= 11 is 5.79. The maximum atomic E-state index is 12.4. The van der Waals surface area contributed by atoms with Crippen molar-refractivity contribution < 1.29 is 13.2 Å². The van der Waals surface area contributed by atoms with Gasteiger partial charge in [-0.2, -0.15) is 0 Å². The van der Waals surface area contributed by atoms with E-state index in [1.54, 1.807) is 36.4 Å². The minimum atomic E-state index is -3.75. The van der Waals surface area contributed by atoms with Crippen LogP contribution in [-0.2, 0) is 14.8 Å². The van der Waals surface area contributed by atoms with E-state index in [-0.39, 0.29) is 16.7 Å². The molecule has 0 radical (unpaired) electrons. The first-order valence-corrected chi connectivity index (χ1v) is 9.31. The fourth-order valence-corrected chi connectivity index (χ4v) is 3.29. The summed E-state index contributed by atoms with van der Waals surface area (Å²) < 4.78 is 27.4. The summed E-state index contributed by atoms with van der Waals surface area (Å²) in [5.41, 5.74) is 0.855. The van der Waals surface area contributed by atoms with Crippen LogP contribution >= 0.6 is 11.6 Å². The number of carbonyl (C=O) groups is 1. The van der Waals surface area contributed by atoms with Gasteiger partial charge in [0.05, 0.1) is 4.90 Å². The summed E-state index contributed by atoms with van der Waals surface area (Å²) in [4.78, 5) is 11.9. The van der Waals surface area contributed by atoms with Gasteiger partial charge < -0.3 is 5.32 Å². The molecule has 24 heavy (non-hydrogen) atoms. The van der Waals surface area contributed by atoms with Gasteiger partial charge in [0, 0.05) is 22.8 Å². The second-order valence-corrected chi connectivity index (χ2v) is 7.91. The number of amides is 1. The predicted molar refractivity (Wildman–Crippen MR) is 96.8 cm³/mol. The van der Waals surface area contributed by atoms with E-state index >= 15 is 0 Å². The lowest BCUT2D eigenvalue weighted by Gasteiger charge is -2.11. The van der Waals surface area contributed by atoms with Gasteiger partial charge in [0.25, 0.3) is 10.0 Å². The van der Waals surface area contributed by atoms with Gasteiger partial charge >= 0.3 is 0 Å². The molecule has 1 amide bonds. The van der Waals surface area contributed by atoms with Crippen LogP contribution in [0.5, 0.6) is 0 Å². The number of nitrogens with one attached hydrogen (secondary N) is 2. The van der Waals surface area contributed by atoms with Crippen molar-refractivity contribution in [2.45, 2.75) is 25.2 Å². The second-order valence-electron chi connectivity index (χ2n) is 5.79. The van der Waals surface area contributed by atoms with Crippen LogP contribution in [0.25, 0.3) is 0 Å². The summed E-state index contributed by atoms with van der Waals surface area (Å²) in [5.74, 6) is 0.0775. The van der Waals surface area contributed by atoms with Crippen LogP contribution < -0.4 is 10.0 Å². The molecule has 2 aromatic carbocycles. The molecule has 0 spiro atoms. The van der Waals surface area contributed by atoms with Crippen molar-refractivity contribution in [3.05, 3.63) is 53.6 Å². The quantitative estimate of drug-likeness (QED) is 0.807. The summed E-state index contributed by atoms with van der Waals surface area (Å²) in [5, 5.41) is 3.23. The lowest BCUT2D eigenvalue weighted by molar-refractivity contribution is -0.116. The smallest absolute Gasteiger partial charge is 0.261 e. The highest BCUT2D eigenvalue weighted by atomic mass is 35.5. The molecule has 0 aliphatic carbocycles. The molecule has 0 fully saturated rings. The van der Waals surface area contributed by atoms with E-state index in [1.807, 2.05) is 13.8 Å². The monoisotopic (exact) mass is 366 g/mol. The first kappa shape index (κ1) is 18.3. The van der Waals surface area contributed by atoms with Crippen LogP contribution in [0.4, 0.5) is 11.4 Å². The Labute approximate surface area is 147 Å². The van der Waals surface area contributed by atoms with Crippen molar-refractivity contribution in [2.75, 3.05) is 10.0 Å². The van der Waals surface area contributed by atoms with E-state index in [9.17, 15) is 13.2 Å². The lowest BCUT2D eigenvalue weighted by Crippen LogP contribution is -2.16. The van der Waals surface area contributed by atoms with Crippen LogP contribution in [0.2, 0.25) is 5.02 Å². The third-order valence-electron chi connectivity index (χ3n) is 3.12. The Morgan fingerprint density at radius 3 is 2.38 bits per heavy atom. The maximum Gasteiger partial charge on any atom is 0.261 e. The zero-order valence-corrected chi connectivity index (χ0v) is 15.0. The van der Waals surface area contributed by atoms with Gasteiger partial charge in [-0.3, -0.25) is 9.52 Å². The number of rotatable bonds is 6. The van der Waals surface area contributed by atoms with Gasteiger partial charge in [-0.15, -0.1) is 0 Å². The van der Waals surface area contributed by atoms with Crippen molar-refractivity contribution in [3.63, 3.8) is 0 Å². The normalized spacial score (nSPS) is 11.3. The van der Waals surface area contributed by atoms with Gasteiger partial charge in [-0.1, -0.05) is 31.5 Å². The molecular weight excluding hydrogens is 348 g/mol. The molecule has 2 aromatic rings. The number of hydrogen-bond acceptors (Lipinski definition) is 3. The Morgan fingerprint density at radius 2 is 1.75 bits per heavy atom. The average Bonchev–Trinajstić information content (AvgIpc) is 2.49. The maximum absolute atomic E-state index is 12.4. The molecular formula is C17H19ClN2O3S. The van der Waals surface area contributed by atoms with Crippen LogP contribution in [0.15, 0.2) is 53.4 Å². The average molecular weight is 367 g/mol. The van der Waals surface area contributed by atoms with Crippen molar-refractivity contribution >= 4 is 38.9 Å². The molecule has 0 aromatic heterocycles. The molecule has 0 atom stereocenters. The molecule has 128 valence electrons. The summed E-state index contributed by atoms with van der Waals surface area (Å²) in [6.45, 7) is 3.88. The summed E-state index contributed by atoms with van der Waals surface area (Å²) in [7, 11) is -3.75. The summed E-state index contributed by atoms with van der Waals surface area (Å²) in [6.07, 6.45) is 0.375. The Morgan fingerprint density at radius 1 is 1.08 bits per heavy atom. The molecule has 0 bridgehead atoms. The standard InChI is InChI=1S/C17H19ClN2O3S/c1-12(2)10-17(21)19-15-4-3-5-16(11-15)24(22,23)20-14-8-6-13(18)7-9-14/h3-9,11-12,20H,10H2,1-2H3,(H,19,21). The zero-order chi connectivity index (χ0) is 17.7. The third-order valence-corrected chi connectivity index (χ3v) is 4.75. The summed E-state index contributed by atoms with van der Waals surface area (Å²) in [6, 6.07) is 12.5. The van der Waals surface area contributed by atoms with Gasteiger partial charge in [-0.25, -0.2) is 8.42 Å². The van der Waals surface area contributed by atoms with Crippen molar-refractivity contribution in [3.8, 4) is 0 Å². The number of carbonyl (C=O) groups excluding carboxylic acids is 1. The van der Waals surface area contributed by atoms with Gasteiger partial charge in [0.1, 0.15) is 0 Å². The van der Waals surface area contributed by atoms with Gasteiger partial charge in [0.15, 0.2) is 0 Å². The van der Waals surface area contributed by atoms with Crippen LogP contribution in [0.1, 0.15) is 20.3 Å². The SMILES string of the molecule is CC(C)CC(=O)Nc1cccc(S(=O)(=O)Nc2ccc(Cl)cc2)c1. The number of halogens is 1. The first-order chi connectivity index (χ1) is 11.3. The minimum absolute atomic E-state index is 0.0693. The van der Waals surface area contributed by atoms with Crippen molar-refractivity contribution in [1.82, 2.24) is 0 Å². The van der Waals surface area contributed by atoms with E-state index in [0.717, 1.165) is 0 Å². The lowest BCUT2D eigenvalue weighted by atomic mass is 10.1. The van der Waals surface area contributed by atoms with Crippen LogP contribution in [0, 0.1) is 5.92 Å². The van der Waals surface area contributed by atoms with Gasteiger partial charge in [0.2, 0.25) is 5.91 Å². The molecule has 0 aliphatic rings. The minimum Gasteiger partial charge on any atom is -0.326 e. The Hall–Kier alpha value is -2.05. The fraction of sp³-hybridized carbons (Fsp3) is 0.235. The first-order valence-electron chi connectivity index (χ1n) is 7.44. The fourth-order valence-electron chi connectivity index (χ4n) is 2.06. The zero-order valence-electron chi connectivity index (χ0n) is 13.4. The number of sulfonamides is 1. The number of benzene rings is 2. The highest BCUT2D eigenvalue weighted by Gasteiger charge is 2.15. The highest BCUT2D eigenvalue weighted by Crippen LogP contribution is 2.21. The third kappa shape index (κ3) is 5.25. The molecule has 0 saturated carbocycles. The van der Waals surface area contributed by atoms with Crippen LogP contribution in [0.3, 0.4) is 0 Å². The number of hydrogen-bond donors (Lipinski definition) is 2. The molecule has 0 saturated heterocycles. The molecule has 5 nitrogen and oxygen atoms in total. The van der Waals surface area contributed by atoms with Crippen LogP contribution in [-0.4, -0.2) is 14.3 Å². The van der Waals surface area contributed by atoms with Crippen molar-refractivity contribution in [1.29, 1.82) is 0 Å². The van der Waals surface area contributed by atoms with Gasteiger partial charge in [-0.05, 0) is 48.4 Å². The molecule has 2 rings (SSSR count). The van der Waals surface area contributed by atoms with E-state index in [4.69, 9.17) is 11.6 Å². The topological polar surface area (TPSA) is 75.3 Å². The molecule has 2 N–H and O–H groups in total. The van der Waals surface area contributed by atoms with E-state index < -0.39 is 10.0 Å². The van der Waals surface area contributed by atoms with E-state index in [0.29, 0.717) is 22.8 Å². The number of anilines is 2. The largest absolute Gasteiger partial charge is 0.326 e. The molecule has 7 heteroatoms.